The van der Waals surface area contributed by atoms with Crippen LogP contribution in [-0.2, 0) is 14.2 Å². The lowest BCUT2D eigenvalue weighted by atomic mass is 10.0. The number of nitrogens with one attached hydrogen (secondary N) is 1. The first-order valence-electron chi connectivity index (χ1n) is 10.0. The van der Waals surface area contributed by atoms with Crippen molar-refractivity contribution in [3.63, 3.8) is 0 Å². The van der Waals surface area contributed by atoms with E-state index in [2.05, 4.69) is 10.1 Å². The highest BCUT2D eigenvalue weighted by molar-refractivity contribution is 5.70. The van der Waals surface area contributed by atoms with Crippen LogP contribution in [0, 0.1) is 35.0 Å². The third-order valence-corrected chi connectivity index (χ3v) is 4.34. The molecule has 0 spiro atoms. The Kier molecular flexibility index (Phi) is 11.1. The number of rotatable bonds is 13. The number of ether oxygens (including phenoxy) is 4. The fourth-order valence-corrected chi connectivity index (χ4v) is 2.90. The molecule has 0 bridgehead atoms. The van der Waals surface area contributed by atoms with Crippen LogP contribution in [0.3, 0.4) is 0 Å². The molecule has 1 unspecified atom stereocenters. The lowest BCUT2D eigenvalue weighted by Crippen LogP contribution is -2.45. The molecule has 1 atom stereocenters. The normalized spacial score (nSPS) is 12.7. The summed E-state index contributed by atoms with van der Waals surface area (Å²) in [6.45, 7) is 8.55. The van der Waals surface area contributed by atoms with Gasteiger partial charge in [-0.1, -0.05) is 13.3 Å². The van der Waals surface area contributed by atoms with Crippen LogP contribution in [0.25, 0.3) is 0 Å². The first kappa shape index (κ1) is 27.1. The second kappa shape index (κ2) is 12.8. The number of hydrogen-bond acceptors (Lipinski definition) is 5. The third kappa shape index (κ3) is 7.01. The fraction of sp³-hybridized carbons (Fsp3) is 0.650. The predicted molar refractivity (Wildman–Crippen MR) is 101 cm³/mol. The van der Waals surface area contributed by atoms with Gasteiger partial charge in [0.25, 0.3) is 5.97 Å². The topological polar surface area (TPSA) is 66.0 Å². The van der Waals surface area contributed by atoms with Crippen LogP contribution >= 0.6 is 0 Å². The highest BCUT2D eigenvalue weighted by atomic mass is 19.2. The molecule has 11 heteroatoms. The van der Waals surface area contributed by atoms with Gasteiger partial charge in [-0.25, -0.2) is 18.0 Å². The molecule has 1 amide bonds. The minimum Gasteiger partial charge on any atom is -0.404 e. The Morgan fingerprint density at radius 3 is 1.74 bits per heavy atom. The summed E-state index contributed by atoms with van der Waals surface area (Å²) in [5.74, 6) is -14.2. The van der Waals surface area contributed by atoms with E-state index in [-0.39, 0.29) is 12.5 Å². The van der Waals surface area contributed by atoms with Gasteiger partial charge in [0.2, 0.25) is 34.8 Å². The van der Waals surface area contributed by atoms with E-state index in [9.17, 15) is 26.7 Å². The molecule has 0 aromatic heterocycles. The largest absolute Gasteiger partial charge is 0.412 e. The molecule has 1 aromatic rings. The van der Waals surface area contributed by atoms with Gasteiger partial charge in [-0.3, -0.25) is 0 Å². The molecule has 31 heavy (non-hydrogen) atoms. The van der Waals surface area contributed by atoms with E-state index in [1.54, 1.807) is 0 Å². The van der Waals surface area contributed by atoms with Gasteiger partial charge in [0.1, 0.15) is 0 Å². The molecule has 0 heterocycles. The van der Waals surface area contributed by atoms with E-state index in [4.69, 9.17) is 14.2 Å². The summed E-state index contributed by atoms with van der Waals surface area (Å²) in [5, 5.41) is 2.20. The first-order valence-corrected chi connectivity index (χ1v) is 10.0. The van der Waals surface area contributed by atoms with Crippen molar-refractivity contribution < 1.29 is 45.7 Å². The summed E-state index contributed by atoms with van der Waals surface area (Å²) in [6, 6.07) is 0. The van der Waals surface area contributed by atoms with Crippen LogP contribution in [0.4, 0.5) is 26.7 Å². The smallest absolute Gasteiger partial charge is 0.404 e. The van der Waals surface area contributed by atoms with Gasteiger partial charge in [0.15, 0.2) is 0 Å². The van der Waals surface area contributed by atoms with Crippen LogP contribution in [0.2, 0.25) is 0 Å². The third-order valence-electron chi connectivity index (χ3n) is 4.34. The van der Waals surface area contributed by atoms with Crippen molar-refractivity contribution in [3.8, 4) is 5.75 Å². The van der Waals surface area contributed by atoms with E-state index in [0.29, 0.717) is 39.1 Å². The monoisotopic (exact) mass is 457 g/mol. The number of carbonyl (C=O) groups excluding carboxylic acids is 1. The Morgan fingerprint density at radius 2 is 1.29 bits per heavy atom. The zero-order valence-corrected chi connectivity index (χ0v) is 18.0. The Bertz CT molecular complexity index is 688. The van der Waals surface area contributed by atoms with Crippen molar-refractivity contribution in [3.05, 3.63) is 29.1 Å². The molecule has 0 radical (unpaired) electrons. The zero-order chi connectivity index (χ0) is 23.6. The fourth-order valence-electron chi connectivity index (χ4n) is 2.90. The Hall–Kier alpha value is -1.98. The molecule has 0 fully saturated rings. The maximum atomic E-state index is 13.5. The second-order valence-electron chi connectivity index (χ2n) is 6.51. The summed E-state index contributed by atoms with van der Waals surface area (Å²) in [7, 11) is 0. The molecule has 0 aliphatic carbocycles. The number of halogens is 5. The highest BCUT2D eigenvalue weighted by Crippen LogP contribution is 2.30. The molecule has 0 aliphatic rings. The Morgan fingerprint density at radius 1 is 0.839 bits per heavy atom. The molecule has 0 saturated heterocycles. The molecule has 178 valence electrons. The second-order valence-corrected chi connectivity index (χ2v) is 6.51. The number of benzene rings is 1. The summed E-state index contributed by atoms with van der Waals surface area (Å²) in [5.41, 5.74) is 0. The Labute approximate surface area is 178 Å². The van der Waals surface area contributed by atoms with Gasteiger partial charge in [-0.15, -0.1) is 0 Å². The number of unbranched alkanes of at least 4 members (excludes halogenated alkanes) is 1. The van der Waals surface area contributed by atoms with Crippen LogP contribution in [0.5, 0.6) is 5.75 Å². The quantitative estimate of drug-likeness (QED) is 0.148. The van der Waals surface area contributed by atoms with Gasteiger partial charge in [-0.05, 0) is 33.6 Å². The maximum Gasteiger partial charge on any atom is 0.412 e. The number of hydrogen-bond donors (Lipinski definition) is 1. The van der Waals surface area contributed by atoms with E-state index in [1.807, 2.05) is 27.7 Å². The SMILES string of the molecule is CCOC(OCC)(OCC)C(C)CCCCNC(=O)Oc1c(F)c(F)c(F)c(F)c1F. The molecule has 1 aromatic carbocycles. The Balaban J connectivity index is 2.56. The molecule has 1 rings (SSSR count). The summed E-state index contributed by atoms with van der Waals surface area (Å²) < 4.78 is 87.7. The lowest BCUT2D eigenvalue weighted by Gasteiger charge is -2.37. The molecular weight excluding hydrogens is 429 g/mol. The van der Waals surface area contributed by atoms with Crippen molar-refractivity contribution in [2.75, 3.05) is 26.4 Å². The van der Waals surface area contributed by atoms with E-state index < -0.39 is 46.9 Å². The standard InChI is InChI=1S/C20H28F5NO5/c1-5-28-20(29-6-2,30-7-3)12(4)10-8-9-11-26-19(27)31-18-16(24)14(22)13(21)15(23)17(18)25/h12H,5-11H2,1-4H3,(H,26,27). The average molecular weight is 457 g/mol. The van der Waals surface area contributed by atoms with Crippen LogP contribution in [0.15, 0.2) is 0 Å². The molecule has 0 aliphatic heterocycles. The lowest BCUT2D eigenvalue weighted by molar-refractivity contribution is -0.400. The number of carbonyl (C=O) groups is 1. The van der Waals surface area contributed by atoms with E-state index in [1.165, 1.54) is 0 Å². The predicted octanol–water partition coefficient (Wildman–Crippen LogP) is 5.04. The van der Waals surface area contributed by atoms with Gasteiger partial charge in [-0.2, -0.15) is 8.78 Å². The van der Waals surface area contributed by atoms with Gasteiger partial charge < -0.3 is 24.3 Å². The van der Waals surface area contributed by atoms with Crippen molar-refractivity contribution in [1.82, 2.24) is 5.32 Å². The molecule has 6 nitrogen and oxygen atoms in total. The van der Waals surface area contributed by atoms with Crippen molar-refractivity contribution in [2.45, 2.75) is 52.9 Å². The van der Waals surface area contributed by atoms with Crippen molar-refractivity contribution >= 4 is 6.09 Å². The van der Waals surface area contributed by atoms with Gasteiger partial charge in [0, 0.05) is 32.3 Å². The number of amides is 1. The summed E-state index contributed by atoms with van der Waals surface area (Å²) >= 11 is 0. The van der Waals surface area contributed by atoms with Crippen LogP contribution in [0.1, 0.15) is 47.0 Å². The minimum absolute atomic E-state index is 0.0475. The molecule has 1 N–H and O–H groups in total. The minimum atomic E-state index is -2.33. The zero-order valence-electron chi connectivity index (χ0n) is 18.0. The average Bonchev–Trinajstić information content (AvgIpc) is 2.74. The van der Waals surface area contributed by atoms with E-state index >= 15 is 0 Å². The molecule has 0 saturated carbocycles. The van der Waals surface area contributed by atoms with Gasteiger partial charge >= 0.3 is 6.09 Å². The first-order chi connectivity index (χ1) is 14.6. The van der Waals surface area contributed by atoms with Crippen molar-refractivity contribution in [1.29, 1.82) is 0 Å². The maximum absolute atomic E-state index is 13.5. The summed E-state index contributed by atoms with van der Waals surface area (Å²) in [6.07, 6.45) is 0.299. The van der Waals surface area contributed by atoms with Crippen LogP contribution < -0.4 is 10.1 Å². The summed E-state index contributed by atoms with van der Waals surface area (Å²) in [4.78, 5) is 11.7. The van der Waals surface area contributed by atoms with Crippen molar-refractivity contribution in [2.24, 2.45) is 5.92 Å². The van der Waals surface area contributed by atoms with Gasteiger partial charge in [0.05, 0.1) is 0 Å². The van der Waals surface area contributed by atoms with Crippen LogP contribution in [-0.4, -0.2) is 38.4 Å². The highest BCUT2D eigenvalue weighted by Gasteiger charge is 2.38. The molecular formula is C20H28F5NO5. The van der Waals surface area contributed by atoms with E-state index in [0.717, 1.165) is 0 Å².